The van der Waals surface area contributed by atoms with Gasteiger partial charge in [-0.1, -0.05) is 19.1 Å². The van der Waals surface area contributed by atoms with Crippen molar-refractivity contribution in [2.45, 2.75) is 12.8 Å². The molecule has 1 saturated heterocycles. The van der Waals surface area contributed by atoms with Crippen LogP contribution in [0.5, 0.6) is 0 Å². The van der Waals surface area contributed by atoms with Crippen molar-refractivity contribution in [1.82, 2.24) is 5.32 Å². The van der Waals surface area contributed by atoms with E-state index in [2.05, 4.69) is 12.2 Å². The fraction of sp³-hybridized carbons (Fsp3) is 0.455. The smallest absolute Gasteiger partial charge is 0.123 e. The lowest BCUT2D eigenvalue weighted by atomic mass is 9.90. The minimum absolute atomic E-state index is 0.151. The van der Waals surface area contributed by atoms with Gasteiger partial charge in [0.1, 0.15) is 5.82 Å². The molecule has 1 aromatic carbocycles. The van der Waals surface area contributed by atoms with Gasteiger partial charge in [0, 0.05) is 12.5 Å². The standard InChI is InChI=1S/C11H14FN/c1-8-6-13-7-11(8)9-2-4-10(12)5-3-9/h2-5,8,11,13H,6-7H2,1H3/t8-,11+/m1/s1. The topological polar surface area (TPSA) is 12.0 Å². The fourth-order valence-electron chi connectivity index (χ4n) is 1.97. The Bertz CT molecular complexity index is 281. The Balaban J connectivity index is 2.20. The van der Waals surface area contributed by atoms with Crippen LogP contribution in [0, 0.1) is 11.7 Å². The van der Waals surface area contributed by atoms with Crippen molar-refractivity contribution in [2.24, 2.45) is 5.92 Å². The van der Waals surface area contributed by atoms with Gasteiger partial charge in [-0.25, -0.2) is 4.39 Å². The molecule has 0 aliphatic carbocycles. The van der Waals surface area contributed by atoms with Crippen molar-refractivity contribution in [1.29, 1.82) is 0 Å². The van der Waals surface area contributed by atoms with Gasteiger partial charge in [-0.2, -0.15) is 0 Å². The van der Waals surface area contributed by atoms with Gasteiger partial charge in [-0.15, -0.1) is 0 Å². The Morgan fingerprint density at radius 1 is 1.23 bits per heavy atom. The highest BCUT2D eigenvalue weighted by molar-refractivity contribution is 5.22. The molecule has 1 aromatic rings. The number of benzene rings is 1. The highest BCUT2D eigenvalue weighted by Crippen LogP contribution is 2.27. The highest BCUT2D eigenvalue weighted by Gasteiger charge is 2.24. The van der Waals surface area contributed by atoms with Gasteiger partial charge in [-0.05, 0) is 30.2 Å². The first-order valence-electron chi connectivity index (χ1n) is 4.73. The lowest BCUT2D eigenvalue weighted by molar-refractivity contribution is 0.569. The number of hydrogen-bond acceptors (Lipinski definition) is 1. The van der Waals surface area contributed by atoms with Crippen LogP contribution in [-0.4, -0.2) is 13.1 Å². The van der Waals surface area contributed by atoms with Gasteiger partial charge in [0.25, 0.3) is 0 Å². The van der Waals surface area contributed by atoms with Crippen LogP contribution in [0.2, 0.25) is 0 Å². The summed E-state index contributed by atoms with van der Waals surface area (Å²) in [4.78, 5) is 0. The van der Waals surface area contributed by atoms with Crippen LogP contribution in [0.25, 0.3) is 0 Å². The zero-order chi connectivity index (χ0) is 9.26. The molecule has 0 amide bonds. The number of rotatable bonds is 1. The number of halogens is 1. The molecular weight excluding hydrogens is 165 g/mol. The Hall–Kier alpha value is -0.890. The van der Waals surface area contributed by atoms with E-state index in [1.165, 1.54) is 5.56 Å². The minimum atomic E-state index is -0.151. The molecule has 1 N–H and O–H groups in total. The molecule has 2 atom stereocenters. The quantitative estimate of drug-likeness (QED) is 0.696. The summed E-state index contributed by atoms with van der Waals surface area (Å²) >= 11 is 0. The van der Waals surface area contributed by atoms with Gasteiger partial charge in [0.05, 0.1) is 0 Å². The van der Waals surface area contributed by atoms with E-state index in [1.54, 1.807) is 12.1 Å². The first-order chi connectivity index (χ1) is 6.27. The van der Waals surface area contributed by atoms with E-state index < -0.39 is 0 Å². The van der Waals surface area contributed by atoms with Crippen LogP contribution in [0.1, 0.15) is 18.4 Å². The third-order valence-corrected chi connectivity index (χ3v) is 2.82. The number of hydrogen-bond donors (Lipinski definition) is 1. The zero-order valence-corrected chi connectivity index (χ0v) is 7.76. The second-order valence-corrected chi connectivity index (χ2v) is 3.79. The molecule has 2 rings (SSSR count). The molecule has 0 unspecified atom stereocenters. The van der Waals surface area contributed by atoms with Crippen molar-refractivity contribution in [3.05, 3.63) is 35.6 Å². The van der Waals surface area contributed by atoms with E-state index in [0.29, 0.717) is 11.8 Å². The molecule has 0 aromatic heterocycles. The molecule has 0 spiro atoms. The normalized spacial score (nSPS) is 27.8. The van der Waals surface area contributed by atoms with Crippen molar-refractivity contribution in [2.75, 3.05) is 13.1 Å². The van der Waals surface area contributed by atoms with Gasteiger partial charge in [0.2, 0.25) is 0 Å². The SMILES string of the molecule is C[C@@H]1CNC[C@@H]1c1ccc(F)cc1. The molecule has 1 heterocycles. The van der Waals surface area contributed by atoms with E-state index >= 15 is 0 Å². The second-order valence-electron chi connectivity index (χ2n) is 3.79. The predicted molar refractivity (Wildman–Crippen MR) is 51.2 cm³/mol. The van der Waals surface area contributed by atoms with E-state index in [4.69, 9.17) is 0 Å². The third kappa shape index (κ3) is 1.73. The summed E-state index contributed by atoms with van der Waals surface area (Å²) in [5, 5.41) is 3.34. The lowest BCUT2D eigenvalue weighted by Crippen LogP contribution is -2.07. The molecule has 0 radical (unpaired) electrons. The average molecular weight is 179 g/mol. The maximum absolute atomic E-state index is 12.7. The maximum atomic E-state index is 12.7. The molecule has 2 heteroatoms. The van der Waals surface area contributed by atoms with Crippen LogP contribution in [0.4, 0.5) is 4.39 Å². The van der Waals surface area contributed by atoms with Crippen LogP contribution in [0.3, 0.4) is 0 Å². The van der Waals surface area contributed by atoms with Gasteiger partial charge >= 0.3 is 0 Å². The molecule has 1 aliphatic rings. The first-order valence-corrected chi connectivity index (χ1v) is 4.73. The average Bonchev–Trinajstić information content (AvgIpc) is 2.53. The summed E-state index contributed by atoms with van der Waals surface area (Å²) in [6, 6.07) is 6.87. The van der Waals surface area contributed by atoms with Gasteiger partial charge < -0.3 is 5.32 Å². The van der Waals surface area contributed by atoms with Crippen LogP contribution >= 0.6 is 0 Å². The third-order valence-electron chi connectivity index (χ3n) is 2.82. The molecule has 70 valence electrons. The predicted octanol–water partition coefficient (Wildman–Crippen LogP) is 2.15. The summed E-state index contributed by atoms with van der Waals surface area (Å²) < 4.78 is 12.7. The van der Waals surface area contributed by atoms with E-state index in [0.717, 1.165) is 13.1 Å². The maximum Gasteiger partial charge on any atom is 0.123 e. The zero-order valence-electron chi connectivity index (χ0n) is 7.76. The van der Waals surface area contributed by atoms with Crippen molar-refractivity contribution >= 4 is 0 Å². The fourth-order valence-corrected chi connectivity index (χ4v) is 1.97. The Labute approximate surface area is 78.0 Å². The van der Waals surface area contributed by atoms with Crippen molar-refractivity contribution < 1.29 is 4.39 Å². The van der Waals surface area contributed by atoms with Crippen LogP contribution in [0.15, 0.2) is 24.3 Å². The van der Waals surface area contributed by atoms with Crippen LogP contribution in [-0.2, 0) is 0 Å². The van der Waals surface area contributed by atoms with E-state index in [-0.39, 0.29) is 5.82 Å². The largest absolute Gasteiger partial charge is 0.316 e. The number of nitrogens with one attached hydrogen (secondary N) is 1. The minimum Gasteiger partial charge on any atom is -0.316 e. The van der Waals surface area contributed by atoms with Gasteiger partial charge in [-0.3, -0.25) is 0 Å². The van der Waals surface area contributed by atoms with Crippen molar-refractivity contribution in [3.63, 3.8) is 0 Å². The molecule has 0 bridgehead atoms. The molecule has 0 saturated carbocycles. The van der Waals surface area contributed by atoms with E-state index in [9.17, 15) is 4.39 Å². The van der Waals surface area contributed by atoms with E-state index in [1.807, 2.05) is 12.1 Å². The monoisotopic (exact) mass is 179 g/mol. The first kappa shape index (κ1) is 8.70. The Morgan fingerprint density at radius 3 is 2.46 bits per heavy atom. The lowest BCUT2D eigenvalue weighted by Gasteiger charge is -2.13. The summed E-state index contributed by atoms with van der Waals surface area (Å²) in [5.41, 5.74) is 1.25. The van der Waals surface area contributed by atoms with Crippen molar-refractivity contribution in [3.8, 4) is 0 Å². The summed E-state index contributed by atoms with van der Waals surface area (Å²) in [6.07, 6.45) is 0. The molecule has 1 aliphatic heterocycles. The van der Waals surface area contributed by atoms with Gasteiger partial charge in [0.15, 0.2) is 0 Å². The molecule has 13 heavy (non-hydrogen) atoms. The Morgan fingerprint density at radius 2 is 1.92 bits per heavy atom. The summed E-state index contributed by atoms with van der Waals surface area (Å²) in [5.74, 6) is 1.06. The molecule has 1 fully saturated rings. The Kier molecular flexibility index (Phi) is 2.32. The van der Waals surface area contributed by atoms with Crippen LogP contribution < -0.4 is 5.32 Å². The summed E-state index contributed by atoms with van der Waals surface area (Å²) in [6.45, 7) is 4.32. The molecule has 1 nitrogen and oxygen atoms in total. The highest BCUT2D eigenvalue weighted by atomic mass is 19.1. The molecular formula is C11H14FN. The summed E-state index contributed by atoms with van der Waals surface area (Å²) in [7, 11) is 0. The second kappa shape index (κ2) is 3.46.